The molecule has 0 fully saturated rings. The molecule has 0 heterocycles. The Bertz CT molecular complexity index is 534. The van der Waals surface area contributed by atoms with Crippen LogP contribution in [0.1, 0.15) is 29.3 Å². The van der Waals surface area contributed by atoms with Crippen LogP contribution in [0.5, 0.6) is 5.75 Å². The normalized spacial score (nSPS) is 8.76. The second-order valence-corrected chi connectivity index (χ2v) is 3.29. The molecule has 0 amide bonds. The molecule has 0 saturated carbocycles. The van der Waals surface area contributed by atoms with Gasteiger partial charge in [-0.1, -0.05) is 17.0 Å². The Morgan fingerprint density at radius 1 is 1.59 bits per heavy atom. The summed E-state index contributed by atoms with van der Waals surface area (Å²) < 4.78 is 0. The smallest absolute Gasteiger partial charge is 0.163 e. The van der Waals surface area contributed by atoms with Crippen molar-refractivity contribution in [2.24, 2.45) is 5.11 Å². The quantitative estimate of drug-likeness (QED) is 0.216. The van der Waals surface area contributed by atoms with Crippen LogP contribution in [0, 0.1) is 11.8 Å². The van der Waals surface area contributed by atoms with E-state index in [4.69, 9.17) is 5.53 Å². The number of Topliss-reactive ketones (excluding diaryl/α,β-unsaturated/α-hetero) is 1. The van der Waals surface area contributed by atoms with Gasteiger partial charge in [-0.15, -0.1) is 0 Å². The van der Waals surface area contributed by atoms with Crippen molar-refractivity contribution in [2.45, 2.75) is 13.3 Å². The molecule has 1 aromatic rings. The van der Waals surface area contributed by atoms with Gasteiger partial charge >= 0.3 is 0 Å². The van der Waals surface area contributed by atoms with Gasteiger partial charge in [0.25, 0.3) is 0 Å². The molecule has 0 aliphatic rings. The number of aromatic hydroxyl groups is 1. The van der Waals surface area contributed by atoms with Gasteiger partial charge in [0.05, 0.1) is 5.56 Å². The van der Waals surface area contributed by atoms with Crippen LogP contribution in [0.3, 0.4) is 0 Å². The van der Waals surface area contributed by atoms with Gasteiger partial charge in [-0.25, -0.2) is 0 Å². The summed E-state index contributed by atoms with van der Waals surface area (Å²) in [6, 6.07) is 4.64. The number of benzene rings is 1. The first-order valence-electron chi connectivity index (χ1n) is 4.99. The highest BCUT2D eigenvalue weighted by molar-refractivity contribution is 5.96. The molecule has 0 aromatic heterocycles. The van der Waals surface area contributed by atoms with Crippen molar-refractivity contribution in [3.8, 4) is 17.6 Å². The molecule has 5 heteroatoms. The summed E-state index contributed by atoms with van der Waals surface area (Å²) in [5.41, 5.74) is 8.95. The van der Waals surface area contributed by atoms with E-state index < -0.39 is 0 Å². The lowest BCUT2D eigenvalue weighted by Crippen LogP contribution is -1.92. The number of rotatable bonds is 3. The first-order chi connectivity index (χ1) is 8.15. The highest BCUT2D eigenvalue weighted by Crippen LogP contribution is 2.18. The van der Waals surface area contributed by atoms with Gasteiger partial charge in [-0.2, -0.15) is 0 Å². The SMILES string of the molecule is CC(=O)c1ccc(C#CCCN=[N+]=[N-])cc1O. The molecule has 1 N–H and O–H groups in total. The third-order valence-electron chi connectivity index (χ3n) is 2.01. The maximum Gasteiger partial charge on any atom is 0.163 e. The Labute approximate surface area is 98.7 Å². The van der Waals surface area contributed by atoms with Crippen molar-refractivity contribution < 1.29 is 9.90 Å². The monoisotopic (exact) mass is 229 g/mol. The minimum Gasteiger partial charge on any atom is -0.507 e. The molecule has 5 nitrogen and oxygen atoms in total. The van der Waals surface area contributed by atoms with Crippen LogP contribution in [0.25, 0.3) is 10.4 Å². The number of carbonyl (C=O) groups excluding carboxylic acids is 1. The Hall–Kier alpha value is -2.44. The van der Waals surface area contributed by atoms with Crippen LogP contribution in [-0.2, 0) is 0 Å². The lowest BCUT2D eigenvalue weighted by Gasteiger charge is -1.99. The summed E-state index contributed by atoms with van der Waals surface area (Å²) >= 11 is 0. The maximum absolute atomic E-state index is 11.1. The highest BCUT2D eigenvalue weighted by Gasteiger charge is 2.05. The second-order valence-electron chi connectivity index (χ2n) is 3.29. The predicted octanol–water partition coefficient (Wildman–Crippen LogP) is 2.65. The van der Waals surface area contributed by atoms with Crippen LogP contribution >= 0.6 is 0 Å². The summed E-state index contributed by atoms with van der Waals surface area (Å²) in [4.78, 5) is 13.7. The van der Waals surface area contributed by atoms with Crippen LogP contribution in [0.2, 0.25) is 0 Å². The fourth-order valence-corrected chi connectivity index (χ4v) is 1.22. The molecular formula is C12H11N3O2. The number of carbonyl (C=O) groups is 1. The second kappa shape index (κ2) is 6.21. The third kappa shape index (κ3) is 3.90. The molecular weight excluding hydrogens is 218 g/mol. The largest absolute Gasteiger partial charge is 0.507 e. The van der Waals surface area contributed by atoms with E-state index in [1.54, 1.807) is 6.07 Å². The fourth-order valence-electron chi connectivity index (χ4n) is 1.22. The standard InChI is InChI=1S/C12H11N3O2/c1-9(16)11-6-5-10(8-12(11)17)4-2-3-7-14-15-13/h5-6,8,17H,3,7H2,1H3. The Morgan fingerprint density at radius 3 is 2.94 bits per heavy atom. The zero-order valence-corrected chi connectivity index (χ0v) is 9.34. The lowest BCUT2D eigenvalue weighted by molar-refractivity contribution is 0.101. The van der Waals surface area contributed by atoms with Crippen LogP contribution in [0.15, 0.2) is 23.3 Å². The fraction of sp³-hybridized carbons (Fsp3) is 0.250. The van der Waals surface area contributed by atoms with E-state index in [2.05, 4.69) is 21.9 Å². The van der Waals surface area contributed by atoms with Gasteiger partial charge in [-0.05, 0) is 30.7 Å². The molecule has 0 bridgehead atoms. The van der Waals surface area contributed by atoms with Crippen LogP contribution in [-0.4, -0.2) is 17.4 Å². The molecule has 0 unspecified atom stereocenters. The van der Waals surface area contributed by atoms with E-state index in [9.17, 15) is 9.90 Å². The van der Waals surface area contributed by atoms with Crippen molar-refractivity contribution in [3.05, 3.63) is 39.8 Å². The van der Waals surface area contributed by atoms with E-state index in [-0.39, 0.29) is 17.1 Å². The Kier molecular flexibility index (Phi) is 4.61. The van der Waals surface area contributed by atoms with E-state index in [0.717, 1.165) is 0 Å². The number of hydrogen-bond acceptors (Lipinski definition) is 3. The summed E-state index contributed by atoms with van der Waals surface area (Å²) in [6.07, 6.45) is 0.458. The van der Waals surface area contributed by atoms with E-state index in [1.807, 2.05) is 0 Å². The molecule has 0 aliphatic carbocycles. The summed E-state index contributed by atoms with van der Waals surface area (Å²) in [7, 11) is 0. The average molecular weight is 229 g/mol. The molecule has 0 aliphatic heterocycles. The van der Waals surface area contributed by atoms with Crippen molar-refractivity contribution >= 4 is 5.78 Å². The van der Waals surface area contributed by atoms with E-state index in [0.29, 0.717) is 18.5 Å². The number of phenolic OH excluding ortho intramolecular Hbond substituents is 1. The minimum atomic E-state index is -0.189. The molecule has 0 radical (unpaired) electrons. The zero-order valence-electron chi connectivity index (χ0n) is 9.34. The third-order valence-corrected chi connectivity index (χ3v) is 2.01. The summed E-state index contributed by atoms with van der Waals surface area (Å²) in [5.74, 6) is 5.35. The van der Waals surface area contributed by atoms with Gasteiger partial charge in [0.2, 0.25) is 0 Å². The molecule has 1 aromatic carbocycles. The maximum atomic E-state index is 11.1. The molecule has 0 saturated heterocycles. The summed E-state index contributed by atoms with van der Waals surface area (Å²) in [5, 5.41) is 12.9. The molecule has 86 valence electrons. The number of nitrogens with zero attached hydrogens (tertiary/aromatic N) is 3. The highest BCUT2D eigenvalue weighted by atomic mass is 16.3. The topological polar surface area (TPSA) is 86.1 Å². The van der Waals surface area contributed by atoms with Crippen LogP contribution in [0.4, 0.5) is 0 Å². The number of azide groups is 1. The number of ketones is 1. The molecule has 0 spiro atoms. The summed E-state index contributed by atoms with van der Waals surface area (Å²) in [6.45, 7) is 1.71. The number of hydrogen-bond donors (Lipinski definition) is 1. The minimum absolute atomic E-state index is 0.0701. The van der Waals surface area contributed by atoms with Crippen molar-refractivity contribution in [1.82, 2.24) is 0 Å². The zero-order chi connectivity index (χ0) is 12.7. The van der Waals surface area contributed by atoms with Crippen molar-refractivity contribution in [2.75, 3.05) is 6.54 Å². The van der Waals surface area contributed by atoms with Gasteiger partial charge < -0.3 is 5.11 Å². The molecule has 0 atom stereocenters. The van der Waals surface area contributed by atoms with E-state index >= 15 is 0 Å². The van der Waals surface area contributed by atoms with Crippen molar-refractivity contribution in [3.63, 3.8) is 0 Å². The average Bonchev–Trinajstić information content (AvgIpc) is 2.28. The first kappa shape index (κ1) is 12.6. The Balaban J connectivity index is 2.77. The molecule has 17 heavy (non-hydrogen) atoms. The molecule has 1 rings (SSSR count). The van der Waals surface area contributed by atoms with Gasteiger partial charge in [0.1, 0.15) is 5.75 Å². The van der Waals surface area contributed by atoms with Gasteiger partial charge in [0, 0.05) is 23.4 Å². The first-order valence-corrected chi connectivity index (χ1v) is 4.99. The van der Waals surface area contributed by atoms with Gasteiger partial charge in [-0.3, -0.25) is 4.79 Å². The van der Waals surface area contributed by atoms with Gasteiger partial charge in [0.15, 0.2) is 5.78 Å². The predicted molar refractivity (Wildman–Crippen MR) is 63.6 cm³/mol. The Morgan fingerprint density at radius 2 is 2.35 bits per heavy atom. The lowest BCUT2D eigenvalue weighted by atomic mass is 10.1. The number of phenols is 1. The van der Waals surface area contributed by atoms with E-state index in [1.165, 1.54) is 19.1 Å². The van der Waals surface area contributed by atoms with Crippen molar-refractivity contribution in [1.29, 1.82) is 0 Å². The van der Waals surface area contributed by atoms with Crippen LogP contribution < -0.4 is 0 Å².